The molecule has 0 bridgehead atoms. The second-order valence-corrected chi connectivity index (χ2v) is 5.91. The Hall–Kier alpha value is -3.55. The molecule has 3 rings (SSSR count). The molecule has 26 heavy (non-hydrogen) atoms. The van der Waals surface area contributed by atoms with Crippen molar-refractivity contribution in [2.45, 2.75) is 13.3 Å². The fraction of sp³-hybridized carbons (Fsp3) is 0.167. The normalized spacial score (nSPS) is 12.9. The van der Waals surface area contributed by atoms with Crippen molar-refractivity contribution in [3.05, 3.63) is 69.3 Å². The lowest BCUT2D eigenvalue weighted by Gasteiger charge is -2.13. The highest BCUT2D eigenvalue weighted by molar-refractivity contribution is 6.21. The number of nitrogens with zero attached hydrogens (tertiary/aromatic N) is 2. The molecule has 132 valence electrons. The Morgan fingerprint density at radius 1 is 1.08 bits per heavy atom. The van der Waals surface area contributed by atoms with Crippen LogP contribution in [-0.4, -0.2) is 34.1 Å². The minimum Gasteiger partial charge on any atom is -0.326 e. The second-order valence-electron chi connectivity index (χ2n) is 5.91. The van der Waals surface area contributed by atoms with Gasteiger partial charge >= 0.3 is 0 Å². The Morgan fingerprint density at radius 2 is 1.73 bits per heavy atom. The number of nitro benzene ring substituents is 1. The molecule has 1 heterocycles. The zero-order valence-corrected chi connectivity index (χ0v) is 13.9. The number of aryl methyl sites for hydroxylation is 1. The van der Waals surface area contributed by atoms with Crippen LogP contribution < -0.4 is 5.32 Å². The number of nitro groups is 1. The van der Waals surface area contributed by atoms with Crippen molar-refractivity contribution in [3.8, 4) is 0 Å². The van der Waals surface area contributed by atoms with Gasteiger partial charge in [0.05, 0.1) is 16.1 Å². The number of benzene rings is 2. The molecule has 8 heteroatoms. The lowest BCUT2D eigenvalue weighted by molar-refractivity contribution is -0.384. The first kappa shape index (κ1) is 17.3. The molecule has 0 unspecified atom stereocenters. The minimum atomic E-state index is -0.532. The maximum atomic E-state index is 12.3. The number of nitrogens with one attached hydrogen (secondary N) is 1. The molecule has 2 aromatic carbocycles. The number of anilines is 1. The van der Waals surface area contributed by atoms with Crippen LogP contribution in [0, 0.1) is 17.0 Å². The van der Waals surface area contributed by atoms with Crippen LogP contribution >= 0.6 is 0 Å². The van der Waals surface area contributed by atoms with Gasteiger partial charge in [-0.3, -0.25) is 29.4 Å². The Kier molecular flexibility index (Phi) is 4.49. The highest BCUT2D eigenvalue weighted by Gasteiger charge is 2.35. The van der Waals surface area contributed by atoms with Crippen molar-refractivity contribution in [3.63, 3.8) is 0 Å². The molecule has 8 nitrogen and oxygen atoms in total. The quantitative estimate of drug-likeness (QED) is 0.504. The van der Waals surface area contributed by atoms with Crippen LogP contribution in [0.3, 0.4) is 0 Å². The smallest absolute Gasteiger partial charge is 0.269 e. The maximum absolute atomic E-state index is 12.3. The number of non-ortho nitro benzene ring substituents is 1. The fourth-order valence-electron chi connectivity index (χ4n) is 2.71. The number of rotatable bonds is 5. The summed E-state index contributed by atoms with van der Waals surface area (Å²) >= 11 is 0. The summed E-state index contributed by atoms with van der Waals surface area (Å²) in [5.41, 5.74) is 1.90. The number of hydrogen-bond donors (Lipinski definition) is 1. The van der Waals surface area contributed by atoms with Gasteiger partial charge in [0, 0.05) is 30.8 Å². The van der Waals surface area contributed by atoms with Gasteiger partial charge in [0.1, 0.15) is 0 Å². The van der Waals surface area contributed by atoms with Gasteiger partial charge in [-0.1, -0.05) is 11.6 Å². The van der Waals surface area contributed by atoms with Crippen LogP contribution in [0.1, 0.15) is 32.7 Å². The average molecular weight is 353 g/mol. The van der Waals surface area contributed by atoms with E-state index in [0.717, 1.165) is 10.5 Å². The molecule has 0 aromatic heterocycles. The van der Waals surface area contributed by atoms with Crippen molar-refractivity contribution >= 4 is 29.1 Å². The third-order valence-corrected chi connectivity index (χ3v) is 4.05. The average Bonchev–Trinajstić information content (AvgIpc) is 2.84. The van der Waals surface area contributed by atoms with E-state index in [9.17, 15) is 24.5 Å². The van der Waals surface area contributed by atoms with E-state index in [4.69, 9.17) is 0 Å². The summed E-state index contributed by atoms with van der Waals surface area (Å²) in [7, 11) is 0. The van der Waals surface area contributed by atoms with Crippen LogP contribution in [0.25, 0.3) is 0 Å². The Labute approximate surface area is 148 Å². The summed E-state index contributed by atoms with van der Waals surface area (Å²) in [6.45, 7) is 1.79. The highest BCUT2D eigenvalue weighted by Crippen LogP contribution is 2.24. The summed E-state index contributed by atoms with van der Waals surface area (Å²) in [4.78, 5) is 47.8. The Morgan fingerprint density at radius 3 is 2.38 bits per heavy atom. The number of fused-ring (bicyclic) bond motifs is 1. The van der Waals surface area contributed by atoms with Gasteiger partial charge in [-0.25, -0.2) is 0 Å². The molecule has 3 amide bonds. The van der Waals surface area contributed by atoms with Crippen LogP contribution in [0.15, 0.2) is 42.5 Å². The molecule has 0 spiro atoms. The topological polar surface area (TPSA) is 110 Å². The van der Waals surface area contributed by atoms with E-state index in [1.165, 1.54) is 24.3 Å². The molecule has 0 radical (unpaired) electrons. The molecule has 1 aliphatic rings. The largest absolute Gasteiger partial charge is 0.326 e. The van der Waals surface area contributed by atoms with Gasteiger partial charge in [-0.15, -0.1) is 0 Å². The predicted octanol–water partition coefficient (Wildman–Crippen LogP) is 2.53. The van der Waals surface area contributed by atoms with Crippen LogP contribution in [-0.2, 0) is 4.79 Å². The van der Waals surface area contributed by atoms with Gasteiger partial charge in [0.2, 0.25) is 5.91 Å². The number of carbonyl (C=O) groups is 3. The monoisotopic (exact) mass is 353 g/mol. The van der Waals surface area contributed by atoms with E-state index in [2.05, 4.69) is 5.32 Å². The van der Waals surface area contributed by atoms with E-state index in [1.807, 2.05) is 6.92 Å². The lowest BCUT2D eigenvalue weighted by atomic mass is 10.1. The highest BCUT2D eigenvalue weighted by atomic mass is 16.6. The summed E-state index contributed by atoms with van der Waals surface area (Å²) in [5, 5.41) is 13.2. The van der Waals surface area contributed by atoms with Gasteiger partial charge in [0.15, 0.2) is 0 Å². The molecule has 0 fully saturated rings. The molecule has 0 aliphatic carbocycles. The standard InChI is InChI=1S/C18H15N3O5/c1-11-2-7-14-15(10-11)18(24)20(17(14)23)9-8-16(22)19-12-3-5-13(6-4-12)21(25)26/h2-7,10H,8-9H2,1H3,(H,19,22). The second kappa shape index (κ2) is 6.75. The molecular weight excluding hydrogens is 338 g/mol. The third-order valence-electron chi connectivity index (χ3n) is 4.05. The first-order valence-electron chi connectivity index (χ1n) is 7.88. The summed E-state index contributed by atoms with van der Waals surface area (Å²) in [6.07, 6.45) is -0.0680. The van der Waals surface area contributed by atoms with E-state index in [1.54, 1.807) is 18.2 Å². The Balaban J connectivity index is 1.61. The summed E-state index contributed by atoms with van der Waals surface area (Å²) in [5.74, 6) is -1.21. The van der Waals surface area contributed by atoms with Gasteiger partial charge in [0.25, 0.3) is 17.5 Å². The number of imide groups is 1. The van der Waals surface area contributed by atoms with E-state index in [-0.39, 0.29) is 18.7 Å². The molecular formula is C18H15N3O5. The van der Waals surface area contributed by atoms with Gasteiger partial charge in [-0.05, 0) is 31.2 Å². The lowest BCUT2D eigenvalue weighted by Crippen LogP contribution is -2.32. The molecule has 0 atom stereocenters. The zero-order valence-electron chi connectivity index (χ0n) is 13.9. The summed E-state index contributed by atoms with van der Waals surface area (Å²) < 4.78 is 0. The minimum absolute atomic E-state index is 0.0375. The number of amides is 3. The van der Waals surface area contributed by atoms with Crippen molar-refractivity contribution in [2.24, 2.45) is 0 Å². The van der Waals surface area contributed by atoms with Crippen LogP contribution in [0.5, 0.6) is 0 Å². The van der Waals surface area contributed by atoms with Crippen LogP contribution in [0.2, 0.25) is 0 Å². The molecule has 2 aromatic rings. The molecule has 0 saturated heterocycles. The predicted molar refractivity (Wildman–Crippen MR) is 92.9 cm³/mol. The van der Waals surface area contributed by atoms with Gasteiger partial charge < -0.3 is 5.32 Å². The van der Waals surface area contributed by atoms with E-state index in [0.29, 0.717) is 16.8 Å². The van der Waals surface area contributed by atoms with Crippen molar-refractivity contribution < 1.29 is 19.3 Å². The van der Waals surface area contributed by atoms with Crippen LogP contribution in [0.4, 0.5) is 11.4 Å². The van der Waals surface area contributed by atoms with E-state index < -0.39 is 22.6 Å². The van der Waals surface area contributed by atoms with Crippen molar-refractivity contribution in [1.82, 2.24) is 4.90 Å². The van der Waals surface area contributed by atoms with Gasteiger partial charge in [-0.2, -0.15) is 0 Å². The van der Waals surface area contributed by atoms with Crippen molar-refractivity contribution in [1.29, 1.82) is 0 Å². The number of carbonyl (C=O) groups excluding carboxylic acids is 3. The molecule has 0 saturated carbocycles. The number of hydrogen-bond acceptors (Lipinski definition) is 5. The van der Waals surface area contributed by atoms with E-state index >= 15 is 0 Å². The summed E-state index contributed by atoms with van der Waals surface area (Å²) in [6, 6.07) is 10.4. The first-order valence-corrected chi connectivity index (χ1v) is 7.88. The SMILES string of the molecule is Cc1ccc2c(c1)C(=O)N(CCC(=O)Nc1ccc([N+](=O)[O-])cc1)C2=O. The fourth-order valence-corrected chi connectivity index (χ4v) is 2.71. The molecule has 1 N–H and O–H groups in total. The third kappa shape index (κ3) is 3.30. The molecule has 1 aliphatic heterocycles. The zero-order chi connectivity index (χ0) is 18.8. The first-order chi connectivity index (χ1) is 12.4. The van der Waals surface area contributed by atoms with Crippen molar-refractivity contribution in [2.75, 3.05) is 11.9 Å². The Bertz CT molecular complexity index is 921. The maximum Gasteiger partial charge on any atom is 0.269 e.